The van der Waals surface area contributed by atoms with Crippen molar-refractivity contribution in [3.8, 4) is 0 Å². The molecule has 1 N–H and O–H groups in total. The second-order valence-corrected chi connectivity index (χ2v) is 7.53. The highest BCUT2D eigenvalue weighted by Gasteiger charge is 2.20. The molecule has 1 aliphatic heterocycles. The molecule has 1 heterocycles. The number of thiocarbonyl (C=S) groups is 1. The summed E-state index contributed by atoms with van der Waals surface area (Å²) in [6.07, 6.45) is 0. The van der Waals surface area contributed by atoms with E-state index in [1.165, 1.54) is 28.5 Å². The second kappa shape index (κ2) is 8.55. The fourth-order valence-electron chi connectivity index (χ4n) is 3.68. The number of nitro groups is 1. The number of hydrogen-bond donors (Lipinski definition) is 1. The molecule has 0 atom stereocenters. The zero-order valence-electron chi connectivity index (χ0n) is 16.0. The van der Waals surface area contributed by atoms with Gasteiger partial charge in [0.2, 0.25) is 0 Å². The maximum Gasteiger partial charge on any atom is 0.271 e. The number of anilines is 1. The van der Waals surface area contributed by atoms with Crippen LogP contribution in [0.25, 0.3) is 10.8 Å². The minimum absolute atomic E-state index is 0.0534. The molecule has 0 amide bonds. The Morgan fingerprint density at radius 3 is 2.52 bits per heavy atom. The molecule has 29 heavy (non-hydrogen) atoms. The van der Waals surface area contributed by atoms with Gasteiger partial charge in [-0.2, -0.15) is 0 Å². The van der Waals surface area contributed by atoms with E-state index in [1.807, 2.05) is 0 Å². The Kier molecular flexibility index (Phi) is 5.69. The van der Waals surface area contributed by atoms with Gasteiger partial charge in [-0.3, -0.25) is 15.0 Å². The van der Waals surface area contributed by atoms with Gasteiger partial charge < -0.3 is 10.2 Å². The molecule has 7 heteroatoms. The summed E-state index contributed by atoms with van der Waals surface area (Å²) in [5, 5.41) is 17.2. The van der Waals surface area contributed by atoms with Crippen LogP contribution in [0.15, 0.2) is 66.7 Å². The third-order valence-electron chi connectivity index (χ3n) is 5.24. The van der Waals surface area contributed by atoms with Crippen LogP contribution in [0.5, 0.6) is 0 Å². The number of fused-ring (bicyclic) bond motifs is 1. The molecule has 3 aromatic rings. The summed E-state index contributed by atoms with van der Waals surface area (Å²) in [6, 6.07) is 21.4. The number of piperazine rings is 1. The smallest absolute Gasteiger partial charge is 0.271 e. The number of benzene rings is 3. The Hall–Kier alpha value is -3.03. The lowest BCUT2D eigenvalue weighted by molar-refractivity contribution is -0.384. The molecule has 0 bridgehead atoms. The zero-order chi connectivity index (χ0) is 20.2. The molecule has 0 saturated carbocycles. The average molecular weight is 407 g/mol. The minimum atomic E-state index is -0.402. The van der Waals surface area contributed by atoms with Crippen molar-refractivity contribution < 1.29 is 4.92 Å². The van der Waals surface area contributed by atoms with Crippen molar-refractivity contribution in [1.29, 1.82) is 0 Å². The fraction of sp³-hybridized carbons (Fsp3) is 0.227. The third kappa shape index (κ3) is 4.52. The van der Waals surface area contributed by atoms with Crippen LogP contribution in [0.2, 0.25) is 0 Å². The van der Waals surface area contributed by atoms with Gasteiger partial charge in [0.05, 0.1) is 4.92 Å². The van der Waals surface area contributed by atoms with E-state index in [-0.39, 0.29) is 5.69 Å². The maximum atomic E-state index is 10.9. The van der Waals surface area contributed by atoms with Gasteiger partial charge in [-0.25, -0.2) is 0 Å². The van der Waals surface area contributed by atoms with E-state index in [2.05, 4.69) is 57.6 Å². The van der Waals surface area contributed by atoms with Crippen LogP contribution in [0.1, 0.15) is 5.56 Å². The van der Waals surface area contributed by atoms with Crippen LogP contribution in [-0.4, -0.2) is 46.0 Å². The van der Waals surface area contributed by atoms with Gasteiger partial charge in [0.15, 0.2) is 5.11 Å². The van der Waals surface area contributed by atoms with Gasteiger partial charge >= 0.3 is 0 Å². The van der Waals surface area contributed by atoms with Crippen molar-refractivity contribution in [1.82, 2.24) is 9.80 Å². The molecule has 4 rings (SSSR count). The molecular weight excluding hydrogens is 384 g/mol. The quantitative estimate of drug-likeness (QED) is 0.397. The van der Waals surface area contributed by atoms with E-state index < -0.39 is 4.92 Å². The highest BCUT2D eigenvalue weighted by Crippen LogP contribution is 2.21. The molecule has 0 spiro atoms. The van der Waals surface area contributed by atoms with E-state index in [0.29, 0.717) is 10.8 Å². The van der Waals surface area contributed by atoms with Crippen molar-refractivity contribution in [2.24, 2.45) is 0 Å². The predicted molar refractivity (Wildman–Crippen MR) is 120 cm³/mol. The molecule has 1 aliphatic rings. The molecule has 1 fully saturated rings. The van der Waals surface area contributed by atoms with Crippen LogP contribution >= 0.6 is 12.2 Å². The standard InChI is InChI=1S/C22H22N4O2S/c27-26(28)20-9-4-8-19(15-20)23-22(29)25-13-11-24(12-14-25)16-18-7-3-6-17-5-1-2-10-21(17)18/h1-10,15H,11-14,16H2,(H,23,29). The Morgan fingerprint density at radius 2 is 1.72 bits per heavy atom. The van der Waals surface area contributed by atoms with E-state index in [4.69, 9.17) is 12.2 Å². The van der Waals surface area contributed by atoms with Crippen LogP contribution in [-0.2, 0) is 6.54 Å². The van der Waals surface area contributed by atoms with Gasteiger partial charge in [-0.15, -0.1) is 0 Å². The van der Waals surface area contributed by atoms with Gasteiger partial charge in [0, 0.05) is 50.5 Å². The van der Waals surface area contributed by atoms with E-state index in [1.54, 1.807) is 12.1 Å². The Bertz CT molecular complexity index is 1040. The molecule has 0 unspecified atom stereocenters. The average Bonchev–Trinajstić information content (AvgIpc) is 2.75. The predicted octanol–water partition coefficient (Wildman–Crippen LogP) is 4.26. The largest absolute Gasteiger partial charge is 0.346 e. The van der Waals surface area contributed by atoms with Gasteiger partial charge in [0.1, 0.15) is 0 Å². The van der Waals surface area contributed by atoms with E-state index >= 15 is 0 Å². The van der Waals surface area contributed by atoms with Gasteiger partial charge in [-0.05, 0) is 34.6 Å². The highest BCUT2D eigenvalue weighted by molar-refractivity contribution is 7.80. The first-order valence-corrected chi connectivity index (χ1v) is 10.0. The summed E-state index contributed by atoms with van der Waals surface area (Å²) >= 11 is 5.52. The lowest BCUT2D eigenvalue weighted by atomic mass is 10.0. The van der Waals surface area contributed by atoms with Crippen LogP contribution < -0.4 is 5.32 Å². The lowest BCUT2D eigenvalue weighted by Gasteiger charge is -2.36. The monoisotopic (exact) mass is 406 g/mol. The van der Waals surface area contributed by atoms with Crippen LogP contribution in [0, 0.1) is 10.1 Å². The number of nitrogens with one attached hydrogen (secondary N) is 1. The Labute approximate surface area is 174 Å². The SMILES string of the molecule is O=[N+]([O-])c1cccc(NC(=S)N2CCN(Cc3cccc4ccccc34)CC2)c1. The third-order valence-corrected chi connectivity index (χ3v) is 5.60. The normalized spacial score (nSPS) is 14.7. The van der Waals surface area contributed by atoms with Gasteiger partial charge in [0.25, 0.3) is 5.69 Å². The number of nitrogens with zero attached hydrogens (tertiary/aromatic N) is 3. The molecule has 1 saturated heterocycles. The maximum absolute atomic E-state index is 10.9. The second-order valence-electron chi connectivity index (χ2n) is 7.14. The molecule has 0 aliphatic carbocycles. The topological polar surface area (TPSA) is 61.7 Å². The highest BCUT2D eigenvalue weighted by atomic mass is 32.1. The summed E-state index contributed by atoms with van der Waals surface area (Å²) in [5.41, 5.74) is 2.04. The van der Waals surface area contributed by atoms with E-state index in [0.717, 1.165) is 32.7 Å². The van der Waals surface area contributed by atoms with Crippen molar-refractivity contribution in [3.63, 3.8) is 0 Å². The number of nitro benzene ring substituents is 1. The van der Waals surface area contributed by atoms with Gasteiger partial charge in [-0.1, -0.05) is 48.5 Å². The first kappa shape index (κ1) is 19.3. The van der Waals surface area contributed by atoms with Crippen molar-refractivity contribution in [3.05, 3.63) is 82.4 Å². The molecule has 0 radical (unpaired) electrons. The number of hydrogen-bond acceptors (Lipinski definition) is 4. The summed E-state index contributed by atoms with van der Waals surface area (Å²) < 4.78 is 0. The number of rotatable bonds is 4. The molecule has 148 valence electrons. The molecule has 6 nitrogen and oxygen atoms in total. The zero-order valence-corrected chi connectivity index (χ0v) is 16.8. The van der Waals surface area contributed by atoms with Crippen molar-refractivity contribution in [2.45, 2.75) is 6.54 Å². The summed E-state index contributed by atoms with van der Waals surface area (Å²) in [4.78, 5) is 15.1. The first-order valence-electron chi connectivity index (χ1n) is 9.59. The fourth-order valence-corrected chi connectivity index (χ4v) is 3.98. The molecular formula is C22H22N4O2S. The van der Waals surface area contributed by atoms with Crippen LogP contribution in [0.3, 0.4) is 0 Å². The number of non-ortho nitro benzene ring substituents is 1. The molecule has 0 aromatic heterocycles. The van der Waals surface area contributed by atoms with Crippen molar-refractivity contribution in [2.75, 3.05) is 31.5 Å². The summed E-state index contributed by atoms with van der Waals surface area (Å²) in [5.74, 6) is 0. The van der Waals surface area contributed by atoms with E-state index in [9.17, 15) is 10.1 Å². The summed E-state index contributed by atoms with van der Waals surface area (Å²) in [7, 11) is 0. The van der Waals surface area contributed by atoms with Crippen molar-refractivity contribution >= 4 is 39.5 Å². The van der Waals surface area contributed by atoms with Crippen LogP contribution in [0.4, 0.5) is 11.4 Å². The Morgan fingerprint density at radius 1 is 1.00 bits per heavy atom. The Balaban J connectivity index is 1.35. The lowest BCUT2D eigenvalue weighted by Crippen LogP contribution is -2.49. The summed E-state index contributed by atoms with van der Waals surface area (Å²) in [6.45, 7) is 4.40. The first-order chi connectivity index (χ1) is 14.1. The minimum Gasteiger partial charge on any atom is -0.346 e. The molecule has 3 aromatic carbocycles.